The van der Waals surface area contributed by atoms with E-state index in [0.29, 0.717) is 25.3 Å². The second kappa shape index (κ2) is 8.99. The van der Waals surface area contributed by atoms with E-state index in [2.05, 4.69) is 45.1 Å². The molecule has 9 nitrogen and oxygen atoms in total. The van der Waals surface area contributed by atoms with E-state index >= 15 is 0 Å². The van der Waals surface area contributed by atoms with Crippen molar-refractivity contribution < 1.29 is 9.59 Å². The quantitative estimate of drug-likeness (QED) is 0.611. The molecule has 4 heterocycles. The van der Waals surface area contributed by atoms with Crippen molar-refractivity contribution in [1.82, 2.24) is 29.5 Å². The van der Waals surface area contributed by atoms with Gasteiger partial charge < -0.3 is 14.8 Å². The van der Waals surface area contributed by atoms with Gasteiger partial charge in [-0.15, -0.1) is 0 Å². The summed E-state index contributed by atoms with van der Waals surface area (Å²) in [5, 5.41) is 8.88. The molecule has 0 bridgehead atoms. The third-order valence-corrected chi connectivity index (χ3v) is 6.69. The molecule has 0 unspecified atom stereocenters. The molecular formula is C24H31N7O2. The first-order chi connectivity index (χ1) is 16.0. The van der Waals surface area contributed by atoms with Crippen LogP contribution in [0.1, 0.15) is 6.42 Å². The molecule has 0 atom stereocenters. The second-order valence-corrected chi connectivity index (χ2v) is 9.01. The molecule has 0 radical (unpaired) electrons. The van der Waals surface area contributed by atoms with Crippen molar-refractivity contribution in [2.24, 2.45) is 7.05 Å². The predicted molar refractivity (Wildman–Crippen MR) is 128 cm³/mol. The van der Waals surface area contributed by atoms with Crippen molar-refractivity contribution in [1.29, 1.82) is 0 Å². The highest BCUT2D eigenvalue weighted by Crippen LogP contribution is 2.33. The topological polar surface area (TPSA) is 78.6 Å². The number of nitrogens with one attached hydrogen (secondary N) is 1. The Morgan fingerprint density at radius 3 is 2.70 bits per heavy atom. The van der Waals surface area contributed by atoms with Crippen LogP contribution in [-0.4, -0.2) is 88.8 Å². The molecule has 2 aliphatic heterocycles. The van der Waals surface area contributed by atoms with Gasteiger partial charge in [-0.3, -0.25) is 19.4 Å². The van der Waals surface area contributed by atoms with Crippen LogP contribution in [0.5, 0.6) is 0 Å². The molecule has 3 aromatic rings. The average molecular weight is 450 g/mol. The summed E-state index contributed by atoms with van der Waals surface area (Å²) in [6.07, 6.45) is 2.41. The van der Waals surface area contributed by atoms with Crippen LogP contribution in [-0.2, 0) is 23.2 Å². The first kappa shape index (κ1) is 21.7. The number of amides is 2. The number of likely N-dealkylation sites (N-methyl/N-ethyl adjacent to an activating group) is 1. The van der Waals surface area contributed by atoms with E-state index in [-0.39, 0.29) is 18.4 Å². The lowest BCUT2D eigenvalue weighted by atomic mass is 10.1. The van der Waals surface area contributed by atoms with Crippen molar-refractivity contribution in [2.45, 2.75) is 13.0 Å². The van der Waals surface area contributed by atoms with E-state index in [0.717, 1.165) is 54.9 Å². The van der Waals surface area contributed by atoms with Crippen LogP contribution >= 0.6 is 0 Å². The molecule has 33 heavy (non-hydrogen) atoms. The number of aromatic nitrogens is 3. The first-order valence-corrected chi connectivity index (χ1v) is 11.6. The summed E-state index contributed by atoms with van der Waals surface area (Å²) in [5.41, 5.74) is 2.97. The molecule has 0 spiro atoms. The van der Waals surface area contributed by atoms with Gasteiger partial charge in [0.2, 0.25) is 11.8 Å². The lowest BCUT2D eigenvalue weighted by Crippen LogP contribution is -2.48. The van der Waals surface area contributed by atoms with Crippen LogP contribution in [0.25, 0.3) is 22.2 Å². The fraction of sp³-hybridized carbons (Fsp3) is 0.458. The number of carbonyl (C=O) groups excluding carboxylic acids is 2. The van der Waals surface area contributed by atoms with Gasteiger partial charge >= 0.3 is 0 Å². The van der Waals surface area contributed by atoms with Crippen molar-refractivity contribution in [2.75, 3.05) is 57.8 Å². The Morgan fingerprint density at radius 1 is 1.09 bits per heavy atom. The van der Waals surface area contributed by atoms with Gasteiger partial charge in [0.25, 0.3) is 0 Å². The molecule has 2 aromatic heterocycles. The van der Waals surface area contributed by atoms with E-state index in [1.807, 2.05) is 29.9 Å². The summed E-state index contributed by atoms with van der Waals surface area (Å²) >= 11 is 0. The summed E-state index contributed by atoms with van der Waals surface area (Å²) in [4.78, 5) is 31.6. The van der Waals surface area contributed by atoms with Gasteiger partial charge in [0.15, 0.2) is 0 Å². The van der Waals surface area contributed by atoms with Crippen molar-refractivity contribution in [3.05, 3.63) is 36.5 Å². The number of hydrogen-bond acceptors (Lipinski definition) is 5. The molecule has 2 amide bonds. The lowest BCUT2D eigenvalue weighted by Gasteiger charge is -2.32. The number of hydrogen-bond donors (Lipinski definition) is 1. The number of aryl methyl sites for hydroxylation is 2. The van der Waals surface area contributed by atoms with E-state index in [1.165, 1.54) is 0 Å². The summed E-state index contributed by atoms with van der Waals surface area (Å²) in [7, 11) is 4.15. The van der Waals surface area contributed by atoms with Crippen LogP contribution in [0.15, 0.2) is 36.5 Å². The third-order valence-electron chi connectivity index (χ3n) is 6.69. The highest BCUT2D eigenvalue weighted by Gasteiger charge is 2.28. The number of piperazine rings is 1. The Labute approximate surface area is 193 Å². The van der Waals surface area contributed by atoms with Gasteiger partial charge in [0.1, 0.15) is 12.4 Å². The van der Waals surface area contributed by atoms with Crippen molar-refractivity contribution >= 4 is 28.5 Å². The normalized spacial score (nSPS) is 17.5. The Balaban J connectivity index is 1.28. The standard InChI is InChI=1S/C24H31N7O2/c1-27-11-13-29(14-12-27)10-8-25-22(32)17-30-23-15-20(26-31(23)9-7-24(30)33)19-16-28(2)21-6-4-3-5-18(19)21/h3-6,15-16H,7-14,17H2,1-2H3,(H,25,32). The molecule has 1 aromatic carbocycles. The largest absolute Gasteiger partial charge is 0.353 e. The SMILES string of the molecule is CN1CCN(CCNC(=O)CN2C(=O)CCn3nc(-c4cn(C)c5ccccc45)cc32)CC1. The number of benzene rings is 1. The van der Waals surface area contributed by atoms with Crippen LogP contribution < -0.4 is 10.2 Å². The Morgan fingerprint density at radius 2 is 1.88 bits per heavy atom. The van der Waals surface area contributed by atoms with Gasteiger partial charge in [0.05, 0.1) is 12.2 Å². The van der Waals surface area contributed by atoms with Crippen LogP contribution in [0.2, 0.25) is 0 Å². The highest BCUT2D eigenvalue weighted by molar-refractivity contribution is 6.00. The van der Waals surface area contributed by atoms with E-state index in [9.17, 15) is 9.59 Å². The minimum Gasteiger partial charge on any atom is -0.353 e. The molecule has 9 heteroatoms. The summed E-state index contributed by atoms with van der Waals surface area (Å²) < 4.78 is 3.93. The Hall–Kier alpha value is -3.17. The molecule has 174 valence electrons. The monoisotopic (exact) mass is 449 g/mol. The average Bonchev–Trinajstić information content (AvgIpc) is 3.39. The number of nitrogens with zero attached hydrogens (tertiary/aromatic N) is 6. The van der Waals surface area contributed by atoms with Gasteiger partial charge in [-0.25, -0.2) is 4.68 Å². The molecule has 1 N–H and O–H groups in total. The third kappa shape index (κ3) is 4.38. The van der Waals surface area contributed by atoms with Gasteiger partial charge in [-0.2, -0.15) is 5.10 Å². The van der Waals surface area contributed by atoms with Crippen LogP contribution in [0, 0.1) is 0 Å². The molecular weight excluding hydrogens is 418 g/mol. The minimum atomic E-state index is -0.140. The maximum Gasteiger partial charge on any atom is 0.240 e. The zero-order valence-corrected chi connectivity index (χ0v) is 19.3. The Kier molecular flexibility index (Phi) is 5.90. The maximum absolute atomic E-state index is 12.7. The van der Waals surface area contributed by atoms with Gasteiger partial charge in [-0.1, -0.05) is 18.2 Å². The number of para-hydroxylation sites is 1. The van der Waals surface area contributed by atoms with Crippen LogP contribution in [0.3, 0.4) is 0 Å². The molecule has 2 aliphatic rings. The highest BCUT2D eigenvalue weighted by atomic mass is 16.2. The summed E-state index contributed by atoms with van der Waals surface area (Å²) in [6, 6.07) is 10.1. The molecule has 0 saturated carbocycles. The van der Waals surface area contributed by atoms with Crippen molar-refractivity contribution in [3.63, 3.8) is 0 Å². The zero-order valence-electron chi connectivity index (χ0n) is 19.3. The maximum atomic E-state index is 12.7. The smallest absolute Gasteiger partial charge is 0.240 e. The summed E-state index contributed by atoms with van der Waals surface area (Å²) in [5.74, 6) is 0.503. The predicted octanol–water partition coefficient (Wildman–Crippen LogP) is 1.14. The number of carbonyl (C=O) groups is 2. The van der Waals surface area contributed by atoms with E-state index < -0.39 is 0 Å². The van der Waals surface area contributed by atoms with Gasteiger partial charge in [0, 0.05) is 81.5 Å². The molecule has 5 rings (SSSR count). The number of rotatable bonds is 6. The molecule has 1 fully saturated rings. The molecule has 0 aliphatic carbocycles. The lowest BCUT2D eigenvalue weighted by molar-refractivity contribution is -0.124. The fourth-order valence-electron chi connectivity index (χ4n) is 4.72. The van der Waals surface area contributed by atoms with Crippen LogP contribution in [0.4, 0.5) is 5.82 Å². The number of fused-ring (bicyclic) bond motifs is 2. The van der Waals surface area contributed by atoms with E-state index in [1.54, 1.807) is 4.90 Å². The van der Waals surface area contributed by atoms with E-state index in [4.69, 9.17) is 5.10 Å². The first-order valence-electron chi connectivity index (χ1n) is 11.6. The summed E-state index contributed by atoms with van der Waals surface area (Å²) in [6.45, 7) is 6.11. The zero-order chi connectivity index (χ0) is 22.9. The Bertz CT molecular complexity index is 1170. The minimum absolute atomic E-state index is 0.0161. The number of anilines is 1. The second-order valence-electron chi connectivity index (χ2n) is 9.01. The molecule has 1 saturated heterocycles. The van der Waals surface area contributed by atoms with Gasteiger partial charge in [-0.05, 0) is 13.1 Å². The fourth-order valence-corrected chi connectivity index (χ4v) is 4.72. The van der Waals surface area contributed by atoms with Crippen molar-refractivity contribution in [3.8, 4) is 11.3 Å².